The second-order valence-electron chi connectivity index (χ2n) is 2.84. The Bertz CT molecular complexity index is 363. The molecule has 0 fully saturated rings. The van der Waals surface area contributed by atoms with Gasteiger partial charge in [-0.3, -0.25) is 0 Å². The van der Waals surface area contributed by atoms with Crippen molar-refractivity contribution in [3.05, 3.63) is 28.2 Å². The van der Waals surface area contributed by atoms with Crippen LogP contribution in [-0.2, 0) is 6.18 Å². The van der Waals surface area contributed by atoms with Crippen molar-refractivity contribution in [1.82, 2.24) is 0 Å². The first-order valence-electron chi connectivity index (χ1n) is 4.08. The van der Waals surface area contributed by atoms with Gasteiger partial charge in [-0.15, -0.1) is 0 Å². The Kier molecular flexibility index (Phi) is 4.12. The van der Waals surface area contributed by atoms with Gasteiger partial charge in [0.15, 0.2) is 0 Å². The first-order chi connectivity index (χ1) is 7.30. The summed E-state index contributed by atoms with van der Waals surface area (Å²) in [4.78, 5) is 0. The van der Waals surface area contributed by atoms with E-state index in [1.165, 1.54) is 6.07 Å². The number of alkyl halides is 5. The summed E-state index contributed by atoms with van der Waals surface area (Å²) < 4.78 is 65.6. The van der Waals surface area contributed by atoms with Crippen LogP contribution in [-0.4, -0.2) is 13.0 Å². The number of rotatable bonds is 3. The summed E-state index contributed by atoms with van der Waals surface area (Å²) in [5, 5.41) is 0. The summed E-state index contributed by atoms with van der Waals surface area (Å²) in [5.41, 5.74) is -1.08. The molecule has 0 unspecified atom stereocenters. The summed E-state index contributed by atoms with van der Waals surface area (Å²) in [5.74, 6) is -0.601. The molecule has 0 amide bonds. The Morgan fingerprint density at radius 1 is 1.25 bits per heavy atom. The molecule has 0 N–H and O–H groups in total. The minimum Gasteiger partial charge on any atom is -0.487 e. The fourth-order valence-electron chi connectivity index (χ4n) is 1.00. The molecule has 90 valence electrons. The van der Waals surface area contributed by atoms with Crippen molar-refractivity contribution in [3.8, 4) is 5.75 Å². The van der Waals surface area contributed by atoms with Crippen LogP contribution < -0.4 is 4.74 Å². The molecule has 0 atom stereocenters. The molecule has 1 rings (SSSR count). The van der Waals surface area contributed by atoms with E-state index < -0.39 is 30.5 Å². The van der Waals surface area contributed by atoms with E-state index in [0.717, 1.165) is 12.1 Å². The largest absolute Gasteiger partial charge is 0.487 e. The van der Waals surface area contributed by atoms with Crippen molar-refractivity contribution in [3.63, 3.8) is 0 Å². The third-order valence-corrected chi connectivity index (χ3v) is 2.11. The van der Waals surface area contributed by atoms with Gasteiger partial charge in [0, 0.05) is 4.47 Å². The molecule has 7 heteroatoms. The lowest BCUT2D eigenvalue weighted by molar-refractivity contribution is -0.139. The van der Waals surface area contributed by atoms with Crippen molar-refractivity contribution in [1.29, 1.82) is 0 Å². The Morgan fingerprint density at radius 3 is 2.38 bits per heavy atom. The van der Waals surface area contributed by atoms with Crippen molar-refractivity contribution >= 4 is 15.9 Å². The Morgan fingerprint density at radius 2 is 1.88 bits per heavy atom. The fraction of sp³-hybridized carbons (Fsp3) is 0.333. The van der Waals surface area contributed by atoms with E-state index in [-0.39, 0.29) is 4.47 Å². The maximum absolute atomic E-state index is 12.5. The van der Waals surface area contributed by atoms with E-state index in [0.29, 0.717) is 0 Å². The third kappa shape index (κ3) is 3.62. The molecule has 0 bridgehead atoms. The molecule has 0 radical (unpaired) electrons. The first-order valence-corrected chi connectivity index (χ1v) is 4.87. The van der Waals surface area contributed by atoms with Crippen LogP contribution in [0, 0.1) is 0 Å². The molecule has 0 aromatic heterocycles. The van der Waals surface area contributed by atoms with E-state index in [9.17, 15) is 22.0 Å². The molecule has 0 spiro atoms. The second kappa shape index (κ2) is 4.99. The highest BCUT2D eigenvalue weighted by atomic mass is 79.9. The van der Waals surface area contributed by atoms with E-state index in [1.54, 1.807) is 0 Å². The molecule has 0 aliphatic rings. The van der Waals surface area contributed by atoms with Crippen LogP contribution in [0.15, 0.2) is 22.7 Å². The zero-order chi connectivity index (χ0) is 12.3. The third-order valence-electron chi connectivity index (χ3n) is 1.61. The van der Waals surface area contributed by atoms with E-state index in [4.69, 9.17) is 0 Å². The zero-order valence-corrected chi connectivity index (χ0v) is 9.28. The smallest absolute Gasteiger partial charge is 0.420 e. The van der Waals surface area contributed by atoms with E-state index >= 15 is 0 Å². The van der Waals surface area contributed by atoms with Gasteiger partial charge in [-0.25, -0.2) is 8.78 Å². The Hall–Kier alpha value is -0.850. The van der Waals surface area contributed by atoms with Gasteiger partial charge in [-0.2, -0.15) is 13.2 Å². The fourth-order valence-corrected chi connectivity index (χ4v) is 1.36. The minimum atomic E-state index is -4.64. The van der Waals surface area contributed by atoms with Gasteiger partial charge in [0.1, 0.15) is 12.4 Å². The number of benzene rings is 1. The molecule has 0 saturated carbocycles. The molecule has 1 aromatic rings. The monoisotopic (exact) mass is 304 g/mol. The predicted molar refractivity (Wildman–Crippen MR) is 50.6 cm³/mol. The number of halogens is 6. The quantitative estimate of drug-likeness (QED) is 0.764. The van der Waals surface area contributed by atoms with Crippen LogP contribution in [0.4, 0.5) is 22.0 Å². The minimum absolute atomic E-state index is 0.198. The average molecular weight is 305 g/mol. The summed E-state index contributed by atoms with van der Waals surface area (Å²) in [6, 6.07) is 3.06. The van der Waals surface area contributed by atoms with Crippen molar-refractivity contribution < 1.29 is 26.7 Å². The van der Waals surface area contributed by atoms with Gasteiger partial charge in [-0.1, -0.05) is 15.9 Å². The van der Waals surface area contributed by atoms with Crippen molar-refractivity contribution in [2.24, 2.45) is 0 Å². The summed E-state index contributed by atoms with van der Waals surface area (Å²) in [6.45, 7) is -1.06. The zero-order valence-electron chi connectivity index (χ0n) is 7.69. The topological polar surface area (TPSA) is 9.23 Å². The molecule has 0 aliphatic carbocycles. The first kappa shape index (κ1) is 13.2. The van der Waals surface area contributed by atoms with E-state index in [2.05, 4.69) is 20.7 Å². The lowest BCUT2D eigenvalue weighted by Crippen LogP contribution is -2.12. The van der Waals surface area contributed by atoms with Crippen LogP contribution in [0.1, 0.15) is 5.56 Å². The number of hydrogen-bond donors (Lipinski definition) is 0. The van der Waals surface area contributed by atoms with Crippen molar-refractivity contribution in [2.45, 2.75) is 12.6 Å². The summed E-state index contributed by atoms with van der Waals surface area (Å²) >= 11 is 2.87. The average Bonchev–Trinajstić information content (AvgIpc) is 2.14. The van der Waals surface area contributed by atoms with Gasteiger partial charge in [0.05, 0.1) is 5.56 Å². The molecule has 0 aliphatic heterocycles. The number of hydrogen-bond acceptors (Lipinski definition) is 1. The van der Waals surface area contributed by atoms with Gasteiger partial charge < -0.3 is 4.74 Å². The molecule has 0 saturated heterocycles. The Balaban J connectivity index is 2.99. The summed E-state index contributed by atoms with van der Waals surface area (Å²) in [6.07, 6.45) is -7.45. The molecular weight excluding hydrogens is 299 g/mol. The second-order valence-corrected chi connectivity index (χ2v) is 3.76. The van der Waals surface area contributed by atoms with Crippen LogP contribution >= 0.6 is 15.9 Å². The summed E-state index contributed by atoms with van der Waals surface area (Å²) in [7, 11) is 0. The van der Waals surface area contributed by atoms with Crippen molar-refractivity contribution in [2.75, 3.05) is 6.61 Å². The van der Waals surface area contributed by atoms with Gasteiger partial charge >= 0.3 is 6.18 Å². The predicted octanol–water partition coefficient (Wildman–Crippen LogP) is 4.11. The Labute approximate surface area is 96.3 Å². The normalized spacial score (nSPS) is 11.9. The molecule has 1 nitrogen and oxygen atoms in total. The van der Waals surface area contributed by atoms with Crippen LogP contribution in [0.2, 0.25) is 0 Å². The SMILES string of the molecule is FC(F)COc1ccc(Br)cc1C(F)(F)F. The lowest BCUT2D eigenvalue weighted by Gasteiger charge is -2.13. The van der Waals surface area contributed by atoms with Gasteiger partial charge in [-0.05, 0) is 18.2 Å². The maximum atomic E-state index is 12.5. The number of ether oxygens (including phenoxy) is 1. The van der Waals surface area contributed by atoms with E-state index in [1.807, 2.05) is 0 Å². The van der Waals surface area contributed by atoms with Crippen LogP contribution in [0.25, 0.3) is 0 Å². The standard InChI is InChI=1S/C9H6BrF5O/c10-5-1-2-7(16-4-8(11)12)6(3-5)9(13,14)15/h1-3,8H,4H2. The highest BCUT2D eigenvalue weighted by Crippen LogP contribution is 2.37. The van der Waals surface area contributed by atoms with Crippen LogP contribution in [0.3, 0.4) is 0 Å². The lowest BCUT2D eigenvalue weighted by atomic mass is 10.2. The highest BCUT2D eigenvalue weighted by Gasteiger charge is 2.34. The molecular formula is C9H6BrF5O. The van der Waals surface area contributed by atoms with Crippen LogP contribution in [0.5, 0.6) is 5.75 Å². The molecule has 1 aromatic carbocycles. The maximum Gasteiger partial charge on any atom is 0.420 e. The molecule has 0 heterocycles. The van der Waals surface area contributed by atoms with Gasteiger partial charge in [0.25, 0.3) is 6.43 Å². The van der Waals surface area contributed by atoms with Gasteiger partial charge in [0.2, 0.25) is 0 Å². The highest BCUT2D eigenvalue weighted by molar-refractivity contribution is 9.10. The molecule has 16 heavy (non-hydrogen) atoms.